The van der Waals surface area contributed by atoms with Crippen LogP contribution in [0.3, 0.4) is 0 Å². The fraction of sp³-hybridized carbons (Fsp3) is 0.238. The summed E-state index contributed by atoms with van der Waals surface area (Å²) < 4.78 is 6.26. The topological polar surface area (TPSA) is 143 Å². The van der Waals surface area contributed by atoms with Crippen molar-refractivity contribution in [3.8, 4) is 5.75 Å². The van der Waals surface area contributed by atoms with E-state index >= 15 is 0 Å². The van der Waals surface area contributed by atoms with E-state index in [1.807, 2.05) is 12.1 Å². The van der Waals surface area contributed by atoms with E-state index in [4.69, 9.17) is 4.42 Å². The summed E-state index contributed by atoms with van der Waals surface area (Å²) in [5.41, 5.74) is 2.18. The number of amides is 4. The molecule has 158 valence electrons. The first-order chi connectivity index (χ1) is 14.8. The molecule has 1 aliphatic heterocycles. The van der Waals surface area contributed by atoms with E-state index in [9.17, 15) is 24.3 Å². The number of urea groups is 1. The average Bonchev–Trinajstić information content (AvgIpc) is 3.16. The van der Waals surface area contributed by atoms with E-state index in [0.29, 0.717) is 30.5 Å². The molecule has 1 aromatic heterocycles. The van der Waals surface area contributed by atoms with E-state index in [1.54, 1.807) is 6.07 Å². The van der Waals surface area contributed by atoms with E-state index in [1.165, 1.54) is 22.8 Å². The van der Waals surface area contributed by atoms with Gasteiger partial charge < -0.3 is 20.2 Å². The number of rotatable bonds is 3. The zero-order valence-electron chi connectivity index (χ0n) is 16.2. The highest BCUT2D eigenvalue weighted by molar-refractivity contribution is 6.07. The molecule has 4 amide bonds. The summed E-state index contributed by atoms with van der Waals surface area (Å²) in [6.07, 6.45) is 1.43. The Labute approximate surface area is 174 Å². The van der Waals surface area contributed by atoms with Crippen LogP contribution in [0.1, 0.15) is 17.5 Å². The molecule has 4 N–H and O–H groups in total. The fourth-order valence-electron chi connectivity index (χ4n) is 4.25. The van der Waals surface area contributed by atoms with Crippen LogP contribution in [-0.2, 0) is 29.0 Å². The zero-order valence-corrected chi connectivity index (χ0v) is 16.2. The van der Waals surface area contributed by atoms with E-state index in [0.717, 1.165) is 11.1 Å². The molecule has 3 aromatic rings. The second-order valence-corrected chi connectivity index (χ2v) is 7.80. The molecule has 2 aliphatic rings. The molecule has 1 fully saturated rings. The molecular weight excluding hydrogens is 404 g/mol. The molecule has 2 heterocycles. The number of benzene rings is 2. The van der Waals surface area contributed by atoms with Crippen molar-refractivity contribution in [2.75, 3.05) is 5.32 Å². The summed E-state index contributed by atoms with van der Waals surface area (Å²) in [5, 5.41) is 17.3. The summed E-state index contributed by atoms with van der Waals surface area (Å²) in [6.45, 7) is -0.247. The van der Waals surface area contributed by atoms with Gasteiger partial charge >= 0.3 is 11.8 Å². The summed E-state index contributed by atoms with van der Waals surface area (Å²) in [7, 11) is 0. The second kappa shape index (κ2) is 6.73. The molecule has 10 heteroatoms. The van der Waals surface area contributed by atoms with Crippen LogP contribution < -0.4 is 21.7 Å². The highest BCUT2D eigenvalue weighted by atomic mass is 16.4. The average molecular weight is 422 g/mol. The molecule has 1 unspecified atom stereocenters. The number of fused-ring (bicyclic) bond motifs is 2. The van der Waals surface area contributed by atoms with Gasteiger partial charge in [-0.1, -0.05) is 6.07 Å². The predicted molar refractivity (Wildman–Crippen MR) is 109 cm³/mol. The summed E-state index contributed by atoms with van der Waals surface area (Å²) in [4.78, 5) is 48.3. The van der Waals surface area contributed by atoms with E-state index in [-0.39, 0.29) is 23.8 Å². The van der Waals surface area contributed by atoms with Crippen molar-refractivity contribution < 1.29 is 23.9 Å². The van der Waals surface area contributed by atoms with Crippen molar-refractivity contribution in [3.05, 3.63) is 58.1 Å². The first-order valence-electron chi connectivity index (χ1n) is 9.71. The molecule has 1 saturated heterocycles. The van der Waals surface area contributed by atoms with Crippen LogP contribution >= 0.6 is 0 Å². The molecule has 1 atom stereocenters. The second-order valence-electron chi connectivity index (χ2n) is 7.80. The zero-order chi connectivity index (χ0) is 21.8. The first-order valence-corrected chi connectivity index (χ1v) is 9.71. The number of hydrogen-bond donors (Lipinski definition) is 4. The number of hydrogen-bond acceptors (Lipinski definition) is 6. The quantitative estimate of drug-likeness (QED) is 0.464. The number of nitrogens with one attached hydrogen (secondary N) is 3. The number of oxazole rings is 1. The van der Waals surface area contributed by atoms with Gasteiger partial charge in [-0.2, -0.15) is 0 Å². The minimum Gasteiger partial charge on any atom is -0.508 e. The Balaban J connectivity index is 1.32. The highest BCUT2D eigenvalue weighted by Gasteiger charge is 2.47. The fourth-order valence-corrected chi connectivity index (χ4v) is 4.25. The van der Waals surface area contributed by atoms with Gasteiger partial charge in [-0.05, 0) is 48.2 Å². The maximum atomic E-state index is 12.5. The summed E-state index contributed by atoms with van der Waals surface area (Å²) in [5.74, 6) is -1.45. The Morgan fingerprint density at radius 1 is 1.16 bits per heavy atom. The standard InChI is InChI=1S/C21H18N4O6/c26-14-3-4-15-16(8-14)31-20(30)25(15)10-17(27)22-13-2-1-12-9-21(6-5-11(12)7-13)18(28)23-19(29)24-21/h1-4,7-8,26H,5-6,9-10H2,(H,22,27)(H2,23,24,28,29). The van der Waals surface area contributed by atoms with Gasteiger partial charge in [0.15, 0.2) is 5.58 Å². The Kier molecular flexibility index (Phi) is 4.10. The first kappa shape index (κ1) is 18.9. The number of carbonyl (C=O) groups is 3. The van der Waals surface area contributed by atoms with Crippen molar-refractivity contribution in [3.63, 3.8) is 0 Å². The van der Waals surface area contributed by atoms with Gasteiger partial charge in [-0.3, -0.25) is 19.5 Å². The van der Waals surface area contributed by atoms with Gasteiger partial charge in [-0.15, -0.1) is 0 Å². The SMILES string of the molecule is O=C(Cn1c(=O)oc2cc(O)ccc21)Nc1ccc2c(c1)CCC1(C2)NC(=O)NC1=O. The van der Waals surface area contributed by atoms with Crippen LogP contribution in [0.2, 0.25) is 0 Å². The lowest BCUT2D eigenvalue weighted by Gasteiger charge is -2.32. The number of aromatic hydroxyl groups is 1. The minimum absolute atomic E-state index is 0.0386. The molecule has 0 radical (unpaired) electrons. The van der Waals surface area contributed by atoms with Crippen LogP contribution in [0.25, 0.3) is 11.1 Å². The minimum atomic E-state index is -0.910. The molecule has 1 aliphatic carbocycles. The molecule has 2 aromatic carbocycles. The van der Waals surface area contributed by atoms with Crippen molar-refractivity contribution in [2.24, 2.45) is 0 Å². The van der Waals surface area contributed by atoms with Crippen LogP contribution in [0.4, 0.5) is 10.5 Å². The number of aromatic nitrogens is 1. The van der Waals surface area contributed by atoms with Gasteiger partial charge in [-0.25, -0.2) is 9.59 Å². The lowest BCUT2D eigenvalue weighted by Crippen LogP contribution is -2.51. The van der Waals surface area contributed by atoms with Crippen LogP contribution in [0.15, 0.2) is 45.6 Å². The lowest BCUT2D eigenvalue weighted by atomic mass is 9.78. The van der Waals surface area contributed by atoms with Gasteiger partial charge in [0.05, 0.1) is 5.52 Å². The Morgan fingerprint density at radius 2 is 2.00 bits per heavy atom. The third-order valence-corrected chi connectivity index (χ3v) is 5.77. The van der Waals surface area contributed by atoms with Crippen molar-refractivity contribution in [1.29, 1.82) is 0 Å². The van der Waals surface area contributed by atoms with Crippen molar-refractivity contribution >= 4 is 34.6 Å². The highest BCUT2D eigenvalue weighted by Crippen LogP contribution is 2.32. The van der Waals surface area contributed by atoms with E-state index in [2.05, 4.69) is 16.0 Å². The van der Waals surface area contributed by atoms with Gasteiger partial charge in [0.25, 0.3) is 5.91 Å². The molecular formula is C21H18N4O6. The number of phenolic OH excluding ortho intramolecular Hbond substituents is 1. The van der Waals surface area contributed by atoms with E-state index < -0.39 is 23.2 Å². The third kappa shape index (κ3) is 3.21. The molecule has 10 nitrogen and oxygen atoms in total. The molecule has 5 rings (SSSR count). The number of imide groups is 1. The van der Waals surface area contributed by atoms with Crippen LogP contribution in [-0.4, -0.2) is 33.1 Å². The van der Waals surface area contributed by atoms with Crippen molar-refractivity contribution in [2.45, 2.75) is 31.3 Å². The number of nitrogens with zero attached hydrogens (tertiary/aromatic N) is 1. The number of aryl methyl sites for hydroxylation is 1. The molecule has 1 spiro atoms. The molecule has 0 bridgehead atoms. The Hall–Kier alpha value is -4.08. The normalized spacial score (nSPS) is 19.9. The number of anilines is 1. The number of carbonyl (C=O) groups excluding carboxylic acids is 3. The predicted octanol–water partition coefficient (Wildman–Crippen LogP) is 1.01. The van der Waals surface area contributed by atoms with Gasteiger partial charge in [0.2, 0.25) is 5.91 Å². The Bertz CT molecular complexity index is 1320. The largest absolute Gasteiger partial charge is 0.508 e. The third-order valence-electron chi connectivity index (χ3n) is 5.77. The monoisotopic (exact) mass is 422 g/mol. The van der Waals surface area contributed by atoms with Crippen molar-refractivity contribution in [1.82, 2.24) is 15.2 Å². The molecule has 31 heavy (non-hydrogen) atoms. The van der Waals surface area contributed by atoms with Crippen LogP contribution in [0, 0.1) is 0 Å². The maximum Gasteiger partial charge on any atom is 0.420 e. The Morgan fingerprint density at radius 3 is 2.77 bits per heavy atom. The lowest BCUT2D eigenvalue weighted by molar-refractivity contribution is -0.124. The smallest absolute Gasteiger partial charge is 0.420 e. The number of phenols is 1. The van der Waals surface area contributed by atoms with Crippen LogP contribution in [0.5, 0.6) is 5.75 Å². The van der Waals surface area contributed by atoms with Gasteiger partial charge in [0.1, 0.15) is 17.8 Å². The molecule has 0 saturated carbocycles. The maximum absolute atomic E-state index is 12.5. The van der Waals surface area contributed by atoms with Gasteiger partial charge in [0, 0.05) is 18.2 Å². The summed E-state index contributed by atoms with van der Waals surface area (Å²) >= 11 is 0. The summed E-state index contributed by atoms with van der Waals surface area (Å²) in [6, 6.07) is 9.14.